The van der Waals surface area contributed by atoms with Crippen molar-refractivity contribution >= 4 is 0 Å². The molecule has 0 radical (unpaired) electrons. The van der Waals surface area contributed by atoms with E-state index in [0.717, 1.165) is 0 Å². The van der Waals surface area contributed by atoms with Crippen molar-refractivity contribution in [1.82, 2.24) is 0 Å². The second kappa shape index (κ2) is 6.60. The van der Waals surface area contributed by atoms with Crippen molar-refractivity contribution in [3.63, 3.8) is 0 Å². The zero-order chi connectivity index (χ0) is 12.8. The van der Waals surface area contributed by atoms with Gasteiger partial charge in [0, 0.05) is 0 Å². The molecule has 0 aliphatic carbocycles. The van der Waals surface area contributed by atoms with E-state index in [0.29, 0.717) is 0 Å². The second-order valence-corrected chi connectivity index (χ2v) is 2.79. The highest BCUT2D eigenvalue weighted by Crippen LogP contribution is 2.27. The molecule has 2 atom stereocenters. The van der Waals surface area contributed by atoms with Gasteiger partial charge in [-0.3, -0.25) is 0 Å². The molecule has 0 N–H and O–H groups in total. The first-order chi connectivity index (χ1) is 7.31. The lowest BCUT2D eigenvalue weighted by atomic mass is 10.4. The highest BCUT2D eigenvalue weighted by atomic mass is 19.3. The fraction of sp³-hybridized carbons (Fsp3) is 0.875. The van der Waals surface area contributed by atoms with E-state index in [9.17, 15) is 22.0 Å². The van der Waals surface area contributed by atoms with Crippen LogP contribution in [0.5, 0.6) is 0 Å². The number of halogens is 5. The first-order valence-electron chi connectivity index (χ1n) is 4.26. The summed E-state index contributed by atoms with van der Waals surface area (Å²) in [7, 11) is 0. The molecule has 0 aromatic heterocycles. The van der Waals surface area contributed by atoms with Gasteiger partial charge in [0.2, 0.25) is 0 Å². The molecular formula is C8H10F5NO2. The summed E-state index contributed by atoms with van der Waals surface area (Å²) >= 11 is 0. The molecule has 0 aromatic rings. The average Bonchev–Trinajstić information content (AvgIpc) is 2.22. The summed E-state index contributed by atoms with van der Waals surface area (Å²) in [4.78, 5) is 0. The van der Waals surface area contributed by atoms with Crippen LogP contribution in [0.1, 0.15) is 6.92 Å². The maximum atomic E-state index is 12.5. The van der Waals surface area contributed by atoms with Gasteiger partial charge in [0.25, 0.3) is 12.6 Å². The fourth-order valence-corrected chi connectivity index (χ4v) is 0.666. The molecular weight excluding hydrogens is 237 g/mol. The third-order valence-corrected chi connectivity index (χ3v) is 1.47. The van der Waals surface area contributed by atoms with Gasteiger partial charge in [-0.25, -0.2) is 13.2 Å². The van der Waals surface area contributed by atoms with E-state index in [1.807, 2.05) is 0 Å². The number of nitrogens with zero attached hydrogens (tertiary/aromatic N) is 1. The normalized spacial score (nSPS) is 15.9. The molecule has 0 saturated heterocycles. The lowest BCUT2D eigenvalue weighted by Gasteiger charge is -2.20. The summed E-state index contributed by atoms with van der Waals surface area (Å²) < 4.78 is 68.6. The Labute approximate surface area is 88.7 Å². The maximum absolute atomic E-state index is 12.5. The van der Waals surface area contributed by atoms with Gasteiger partial charge in [-0.15, -0.1) is 0 Å². The molecule has 3 nitrogen and oxygen atoms in total. The van der Waals surface area contributed by atoms with Crippen molar-refractivity contribution in [2.24, 2.45) is 0 Å². The Hall–Kier alpha value is -0.940. The van der Waals surface area contributed by atoms with Crippen molar-refractivity contribution in [2.75, 3.05) is 13.2 Å². The van der Waals surface area contributed by atoms with E-state index in [4.69, 9.17) is 5.26 Å². The van der Waals surface area contributed by atoms with Crippen molar-refractivity contribution in [1.29, 1.82) is 5.26 Å². The number of rotatable bonds is 7. The Morgan fingerprint density at radius 2 is 1.81 bits per heavy atom. The van der Waals surface area contributed by atoms with Crippen LogP contribution in [0.2, 0.25) is 0 Å². The Morgan fingerprint density at radius 3 is 2.25 bits per heavy atom. The Morgan fingerprint density at radius 1 is 1.25 bits per heavy atom. The van der Waals surface area contributed by atoms with Crippen LogP contribution >= 0.6 is 0 Å². The third-order valence-electron chi connectivity index (χ3n) is 1.47. The Bertz CT molecular complexity index is 243. The molecule has 0 fully saturated rings. The van der Waals surface area contributed by atoms with Crippen molar-refractivity contribution in [3.8, 4) is 6.07 Å². The van der Waals surface area contributed by atoms with Gasteiger partial charge in [-0.05, 0) is 6.92 Å². The predicted octanol–water partition coefficient (Wildman–Crippen LogP) is 2.13. The molecule has 0 aliphatic heterocycles. The van der Waals surface area contributed by atoms with Crippen LogP contribution in [-0.4, -0.2) is 38.0 Å². The quantitative estimate of drug-likeness (QED) is 0.511. The fourth-order valence-electron chi connectivity index (χ4n) is 0.666. The number of ether oxygens (including phenoxy) is 2. The van der Waals surface area contributed by atoms with Crippen LogP contribution in [-0.2, 0) is 9.47 Å². The van der Waals surface area contributed by atoms with Gasteiger partial charge >= 0.3 is 6.11 Å². The van der Waals surface area contributed by atoms with E-state index in [1.165, 1.54) is 6.92 Å². The lowest BCUT2D eigenvalue weighted by molar-refractivity contribution is -0.294. The number of nitriles is 1. The standard InChI is InChI=1S/C8H10F5NO2/c1-5(4-14)15-2-3-16-8(12,13)6(9)7(10)11/h5-7H,2-3H2,1H3. The van der Waals surface area contributed by atoms with Gasteiger partial charge in [0.1, 0.15) is 6.10 Å². The zero-order valence-electron chi connectivity index (χ0n) is 8.30. The van der Waals surface area contributed by atoms with Gasteiger partial charge < -0.3 is 9.47 Å². The molecule has 0 rings (SSSR count). The molecule has 0 spiro atoms. The summed E-state index contributed by atoms with van der Waals surface area (Å²) in [6.07, 6.45) is -12.9. The minimum Gasteiger partial charge on any atom is -0.361 e. The Balaban J connectivity index is 3.88. The molecule has 2 unspecified atom stereocenters. The van der Waals surface area contributed by atoms with Gasteiger partial charge in [-0.1, -0.05) is 0 Å². The lowest BCUT2D eigenvalue weighted by Crippen LogP contribution is -2.39. The summed E-state index contributed by atoms with van der Waals surface area (Å²) in [6, 6.07) is 1.64. The molecule has 0 aromatic carbocycles. The summed E-state index contributed by atoms with van der Waals surface area (Å²) in [5.74, 6) is 0. The van der Waals surface area contributed by atoms with Crippen LogP contribution in [0.25, 0.3) is 0 Å². The van der Waals surface area contributed by atoms with E-state index >= 15 is 0 Å². The number of hydrogen-bond donors (Lipinski definition) is 0. The monoisotopic (exact) mass is 247 g/mol. The van der Waals surface area contributed by atoms with Crippen LogP contribution < -0.4 is 0 Å². The van der Waals surface area contributed by atoms with Gasteiger partial charge in [-0.2, -0.15) is 14.0 Å². The number of alkyl halides is 5. The second-order valence-electron chi connectivity index (χ2n) is 2.79. The molecule has 0 saturated carbocycles. The summed E-state index contributed by atoms with van der Waals surface area (Å²) in [6.45, 7) is 0.154. The molecule has 0 bridgehead atoms. The highest BCUT2D eigenvalue weighted by molar-refractivity contribution is 4.78. The smallest absolute Gasteiger partial charge is 0.361 e. The topological polar surface area (TPSA) is 42.2 Å². The zero-order valence-corrected chi connectivity index (χ0v) is 8.30. The average molecular weight is 247 g/mol. The van der Waals surface area contributed by atoms with Crippen LogP contribution in [0.4, 0.5) is 22.0 Å². The van der Waals surface area contributed by atoms with E-state index in [-0.39, 0.29) is 0 Å². The van der Waals surface area contributed by atoms with E-state index in [2.05, 4.69) is 9.47 Å². The van der Waals surface area contributed by atoms with E-state index < -0.39 is 38.0 Å². The van der Waals surface area contributed by atoms with Crippen LogP contribution in [0.3, 0.4) is 0 Å². The molecule has 16 heavy (non-hydrogen) atoms. The summed E-state index contributed by atoms with van der Waals surface area (Å²) in [5.41, 5.74) is 0. The van der Waals surface area contributed by atoms with Crippen LogP contribution in [0.15, 0.2) is 0 Å². The van der Waals surface area contributed by atoms with Crippen molar-refractivity contribution in [3.05, 3.63) is 0 Å². The van der Waals surface area contributed by atoms with Crippen LogP contribution in [0, 0.1) is 11.3 Å². The minimum absolute atomic E-state index is 0.416. The third kappa shape index (κ3) is 5.23. The highest BCUT2D eigenvalue weighted by Gasteiger charge is 2.47. The predicted molar refractivity (Wildman–Crippen MR) is 42.8 cm³/mol. The molecule has 94 valence electrons. The van der Waals surface area contributed by atoms with E-state index in [1.54, 1.807) is 6.07 Å². The Kier molecular flexibility index (Phi) is 6.21. The SMILES string of the molecule is CC(C#N)OCCOC(F)(F)C(F)C(F)F. The first-order valence-corrected chi connectivity index (χ1v) is 4.26. The molecule has 8 heteroatoms. The minimum atomic E-state index is -4.56. The molecule has 0 heterocycles. The molecule has 0 amide bonds. The largest absolute Gasteiger partial charge is 0.392 e. The van der Waals surface area contributed by atoms with Gasteiger partial charge in [0.05, 0.1) is 19.3 Å². The molecule has 0 aliphatic rings. The van der Waals surface area contributed by atoms with Crippen molar-refractivity contribution < 1.29 is 31.4 Å². The van der Waals surface area contributed by atoms with Gasteiger partial charge in [0.15, 0.2) is 0 Å². The maximum Gasteiger partial charge on any atom is 0.392 e. The number of hydrogen-bond acceptors (Lipinski definition) is 3. The summed E-state index contributed by atoms with van der Waals surface area (Å²) in [5, 5.41) is 8.23. The first kappa shape index (κ1) is 15.1. The van der Waals surface area contributed by atoms with Crippen molar-refractivity contribution in [2.45, 2.75) is 31.7 Å².